The molecule has 1 aliphatic carbocycles. The van der Waals surface area contributed by atoms with Gasteiger partial charge in [-0.1, -0.05) is 13.8 Å². The highest BCUT2D eigenvalue weighted by atomic mass is 16.5. The lowest BCUT2D eigenvalue weighted by atomic mass is 9.64. The zero-order valence-corrected chi connectivity index (χ0v) is 12.5. The third-order valence-electron chi connectivity index (χ3n) is 4.31. The number of carbonyl (C=O) groups excluding carboxylic acids is 1. The van der Waals surface area contributed by atoms with Crippen molar-refractivity contribution in [3.8, 4) is 0 Å². The van der Waals surface area contributed by atoms with Crippen LogP contribution in [0, 0.1) is 5.41 Å². The predicted molar refractivity (Wildman–Crippen MR) is 80.9 cm³/mol. The van der Waals surface area contributed by atoms with E-state index in [1.807, 2.05) is 0 Å². The van der Waals surface area contributed by atoms with Crippen molar-refractivity contribution in [2.75, 3.05) is 25.2 Å². The van der Waals surface area contributed by atoms with Crippen LogP contribution in [-0.2, 0) is 4.74 Å². The van der Waals surface area contributed by atoms with Gasteiger partial charge in [0.1, 0.15) is 0 Å². The number of hydrogen-bond acceptors (Lipinski definition) is 4. The summed E-state index contributed by atoms with van der Waals surface area (Å²) in [5, 5.41) is 6.08. The average Bonchev–Trinajstić information content (AvgIpc) is 2.42. The number of hydrogen-bond donors (Lipinski definition) is 3. The summed E-state index contributed by atoms with van der Waals surface area (Å²) >= 11 is 0. The van der Waals surface area contributed by atoms with Gasteiger partial charge in [-0.3, -0.25) is 4.79 Å². The molecule has 2 unspecified atom stereocenters. The lowest BCUT2D eigenvalue weighted by Gasteiger charge is -2.51. The molecule has 1 saturated carbocycles. The summed E-state index contributed by atoms with van der Waals surface area (Å²) in [6.45, 7) is 4.32. The molecule has 1 amide bonds. The number of benzene rings is 1. The molecular weight excluding hydrogens is 254 g/mol. The molecule has 0 bridgehead atoms. The lowest BCUT2D eigenvalue weighted by Crippen LogP contribution is -2.57. The number of nitrogens with two attached hydrogens (primary N) is 1. The molecule has 0 spiro atoms. The average molecular weight is 277 g/mol. The van der Waals surface area contributed by atoms with Crippen molar-refractivity contribution in [3.05, 3.63) is 23.8 Å². The van der Waals surface area contributed by atoms with Crippen LogP contribution >= 0.6 is 0 Å². The summed E-state index contributed by atoms with van der Waals surface area (Å²) in [6.07, 6.45) is 1.16. The molecule has 0 radical (unpaired) electrons. The minimum absolute atomic E-state index is 0.0271. The zero-order valence-electron chi connectivity index (χ0n) is 12.5. The fourth-order valence-electron chi connectivity index (χ4n) is 2.73. The second-order valence-electron chi connectivity index (χ2n) is 5.86. The Kier molecular flexibility index (Phi) is 3.90. The van der Waals surface area contributed by atoms with E-state index >= 15 is 0 Å². The fourth-order valence-corrected chi connectivity index (χ4v) is 2.73. The number of carbonyl (C=O) groups is 1. The Hall–Kier alpha value is -1.75. The van der Waals surface area contributed by atoms with Gasteiger partial charge in [-0.2, -0.15) is 0 Å². The van der Waals surface area contributed by atoms with Crippen LogP contribution in [0.5, 0.6) is 0 Å². The third-order valence-corrected chi connectivity index (χ3v) is 4.31. The van der Waals surface area contributed by atoms with Crippen LogP contribution in [0.3, 0.4) is 0 Å². The molecule has 110 valence electrons. The Balaban J connectivity index is 2.22. The molecule has 0 aromatic heterocycles. The number of amides is 1. The monoisotopic (exact) mass is 277 g/mol. The first-order valence-corrected chi connectivity index (χ1v) is 6.81. The molecule has 1 fully saturated rings. The van der Waals surface area contributed by atoms with Gasteiger partial charge < -0.3 is 21.1 Å². The molecule has 1 aromatic rings. The van der Waals surface area contributed by atoms with E-state index < -0.39 is 0 Å². The van der Waals surface area contributed by atoms with E-state index in [1.165, 1.54) is 0 Å². The van der Waals surface area contributed by atoms with Crippen LogP contribution in [0.15, 0.2) is 18.2 Å². The van der Waals surface area contributed by atoms with E-state index in [0.29, 0.717) is 11.3 Å². The zero-order chi connectivity index (χ0) is 14.9. The minimum atomic E-state index is -0.118. The maximum atomic E-state index is 11.9. The highest BCUT2D eigenvalue weighted by molar-refractivity contribution is 6.00. The van der Waals surface area contributed by atoms with Gasteiger partial charge in [0.05, 0.1) is 11.7 Å². The summed E-state index contributed by atoms with van der Waals surface area (Å²) in [7, 11) is 3.36. The number of nitrogens with one attached hydrogen (secondary N) is 2. The van der Waals surface area contributed by atoms with Gasteiger partial charge in [-0.15, -0.1) is 0 Å². The summed E-state index contributed by atoms with van der Waals surface area (Å²) in [5.41, 5.74) is 7.88. The van der Waals surface area contributed by atoms with E-state index in [2.05, 4.69) is 24.5 Å². The molecule has 5 heteroatoms. The molecule has 20 heavy (non-hydrogen) atoms. The topological polar surface area (TPSA) is 76.4 Å². The van der Waals surface area contributed by atoms with Gasteiger partial charge in [0.25, 0.3) is 5.91 Å². The quantitative estimate of drug-likeness (QED) is 0.734. The summed E-state index contributed by atoms with van der Waals surface area (Å²) in [6, 6.07) is 5.55. The first kappa shape index (κ1) is 14.7. The van der Waals surface area contributed by atoms with Gasteiger partial charge in [0, 0.05) is 37.0 Å². The van der Waals surface area contributed by atoms with Crippen LogP contribution in [0.4, 0.5) is 11.4 Å². The van der Waals surface area contributed by atoms with Crippen molar-refractivity contribution in [2.24, 2.45) is 5.41 Å². The van der Waals surface area contributed by atoms with Crippen LogP contribution in [0.25, 0.3) is 0 Å². The van der Waals surface area contributed by atoms with Crippen molar-refractivity contribution in [2.45, 2.75) is 32.4 Å². The van der Waals surface area contributed by atoms with Crippen LogP contribution in [0.2, 0.25) is 0 Å². The number of anilines is 2. The van der Waals surface area contributed by atoms with Gasteiger partial charge >= 0.3 is 0 Å². The van der Waals surface area contributed by atoms with Crippen molar-refractivity contribution in [3.63, 3.8) is 0 Å². The number of rotatable bonds is 4. The Bertz CT molecular complexity index is 514. The minimum Gasteiger partial charge on any atom is -0.399 e. The van der Waals surface area contributed by atoms with Crippen molar-refractivity contribution in [1.29, 1.82) is 0 Å². The Morgan fingerprint density at radius 1 is 1.45 bits per heavy atom. The van der Waals surface area contributed by atoms with Crippen LogP contribution < -0.4 is 16.4 Å². The second kappa shape index (κ2) is 5.32. The molecule has 1 aliphatic rings. The van der Waals surface area contributed by atoms with Crippen molar-refractivity contribution >= 4 is 17.3 Å². The van der Waals surface area contributed by atoms with Gasteiger partial charge in [0.15, 0.2) is 0 Å². The van der Waals surface area contributed by atoms with E-state index in [-0.39, 0.29) is 23.5 Å². The molecular formula is C15H23N3O2. The number of methoxy groups -OCH3 is 1. The number of ether oxygens (including phenoxy) is 1. The molecule has 0 heterocycles. The SMILES string of the molecule is CNC(=O)c1ccc(N)cc1NC1CC(OC)C1(C)C. The molecule has 0 aliphatic heterocycles. The largest absolute Gasteiger partial charge is 0.399 e. The first-order valence-electron chi connectivity index (χ1n) is 6.81. The Morgan fingerprint density at radius 2 is 2.15 bits per heavy atom. The van der Waals surface area contributed by atoms with Gasteiger partial charge in [-0.25, -0.2) is 0 Å². The molecule has 2 atom stereocenters. The van der Waals surface area contributed by atoms with Gasteiger partial charge in [-0.05, 0) is 24.6 Å². The predicted octanol–water partition coefficient (Wildman–Crippen LogP) is 1.85. The number of nitrogen functional groups attached to an aromatic ring is 1. The Labute approximate surface area is 119 Å². The summed E-state index contributed by atoms with van der Waals surface area (Å²) in [5.74, 6) is -0.118. The maximum absolute atomic E-state index is 11.9. The van der Waals surface area contributed by atoms with E-state index in [9.17, 15) is 4.79 Å². The van der Waals surface area contributed by atoms with E-state index in [4.69, 9.17) is 10.5 Å². The van der Waals surface area contributed by atoms with Crippen molar-refractivity contribution < 1.29 is 9.53 Å². The molecule has 0 saturated heterocycles. The summed E-state index contributed by atoms with van der Waals surface area (Å²) in [4.78, 5) is 11.9. The summed E-state index contributed by atoms with van der Waals surface area (Å²) < 4.78 is 5.45. The lowest BCUT2D eigenvalue weighted by molar-refractivity contribution is -0.0794. The normalized spacial score (nSPS) is 23.8. The van der Waals surface area contributed by atoms with Crippen LogP contribution in [0.1, 0.15) is 30.6 Å². The van der Waals surface area contributed by atoms with E-state index in [0.717, 1.165) is 12.1 Å². The molecule has 5 nitrogen and oxygen atoms in total. The molecule has 2 rings (SSSR count). The third kappa shape index (κ3) is 2.45. The smallest absolute Gasteiger partial charge is 0.253 e. The highest BCUT2D eigenvalue weighted by Crippen LogP contribution is 2.44. The molecule has 4 N–H and O–H groups in total. The van der Waals surface area contributed by atoms with Crippen molar-refractivity contribution in [1.82, 2.24) is 5.32 Å². The van der Waals surface area contributed by atoms with Gasteiger partial charge in [0.2, 0.25) is 0 Å². The molecule has 1 aromatic carbocycles. The maximum Gasteiger partial charge on any atom is 0.253 e. The second-order valence-corrected chi connectivity index (χ2v) is 5.86. The van der Waals surface area contributed by atoms with E-state index in [1.54, 1.807) is 32.4 Å². The standard InChI is InChI=1S/C15H23N3O2/c1-15(2)12(8-13(15)20-4)18-11-7-9(16)5-6-10(11)14(19)17-3/h5-7,12-13,18H,8,16H2,1-4H3,(H,17,19). The van der Waals surface area contributed by atoms with Crippen LogP contribution in [-0.4, -0.2) is 32.2 Å². The first-order chi connectivity index (χ1) is 9.40. The Morgan fingerprint density at radius 3 is 2.70 bits per heavy atom. The highest BCUT2D eigenvalue weighted by Gasteiger charge is 2.48. The fraction of sp³-hybridized carbons (Fsp3) is 0.533.